The zero-order valence-corrected chi connectivity index (χ0v) is 11.8. The minimum absolute atomic E-state index is 0.250. The maximum Gasteiger partial charge on any atom is 0.214 e. The first-order valence-electron chi connectivity index (χ1n) is 5.91. The first-order chi connectivity index (χ1) is 7.37. The van der Waals surface area contributed by atoms with Crippen molar-refractivity contribution >= 4 is 21.6 Å². The Labute approximate surface area is 104 Å². The van der Waals surface area contributed by atoms with Crippen LogP contribution in [0.25, 0.3) is 0 Å². The number of nitrogens with zero attached hydrogens (tertiary/aromatic N) is 1. The van der Waals surface area contributed by atoms with Gasteiger partial charge in [-0.15, -0.1) is 11.6 Å². The molecule has 1 saturated heterocycles. The molecule has 0 atom stereocenters. The number of halogens is 1. The average molecular weight is 268 g/mol. The van der Waals surface area contributed by atoms with Crippen molar-refractivity contribution in [3.63, 3.8) is 0 Å². The van der Waals surface area contributed by atoms with Crippen LogP contribution in [-0.2, 0) is 10.0 Å². The van der Waals surface area contributed by atoms with Gasteiger partial charge in [-0.2, -0.15) is 0 Å². The van der Waals surface area contributed by atoms with E-state index < -0.39 is 10.0 Å². The molecule has 0 unspecified atom stereocenters. The first kappa shape index (κ1) is 14.3. The Bertz CT molecular complexity index is 304. The second-order valence-corrected chi connectivity index (χ2v) is 7.74. The van der Waals surface area contributed by atoms with Crippen molar-refractivity contribution in [2.75, 3.05) is 24.7 Å². The molecule has 0 amide bonds. The molecule has 0 aromatic rings. The van der Waals surface area contributed by atoms with Gasteiger partial charge < -0.3 is 0 Å². The maximum atomic E-state index is 12.0. The normalized spacial score (nSPS) is 22.2. The predicted molar refractivity (Wildman–Crippen MR) is 68.3 cm³/mol. The van der Waals surface area contributed by atoms with E-state index in [2.05, 4.69) is 13.8 Å². The van der Waals surface area contributed by atoms with Crippen LogP contribution in [0.15, 0.2) is 0 Å². The Morgan fingerprint density at radius 2 is 1.75 bits per heavy atom. The molecule has 5 heteroatoms. The highest BCUT2D eigenvalue weighted by molar-refractivity contribution is 7.89. The monoisotopic (exact) mass is 267 g/mol. The molecule has 0 bridgehead atoms. The molecule has 3 nitrogen and oxygen atoms in total. The maximum absolute atomic E-state index is 12.0. The lowest BCUT2D eigenvalue weighted by atomic mass is 9.83. The summed E-state index contributed by atoms with van der Waals surface area (Å²) in [6.07, 6.45) is 3.37. The number of alkyl halides is 1. The number of hydrogen-bond donors (Lipinski definition) is 0. The van der Waals surface area contributed by atoms with Gasteiger partial charge in [0.2, 0.25) is 10.0 Å². The van der Waals surface area contributed by atoms with Crippen molar-refractivity contribution in [1.82, 2.24) is 4.31 Å². The van der Waals surface area contributed by atoms with Crippen LogP contribution in [0.3, 0.4) is 0 Å². The fourth-order valence-electron chi connectivity index (χ4n) is 1.88. The van der Waals surface area contributed by atoms with Gasteiger partial charge in [0.25, 0.3) is 0 Å². The second-order valence-electron chi connectivity index (χ2n) is 5.28. The Morgan fingerprint density at radius 1 is 1.19 bits per heavy atom. The number of hydrogen-bond acceptors (Lipinski definition) is 2. The molecule has 0 radical (unpaired) electrons. The third kappa shape index (κ3) is 4.22. The molecule has 1 fully saturated rings. The quantitative estimate of drug-likeness (QED) is 0.567. The average Bonchev–Trinajstić information content (AvgIpc) is 2.17. The van der Waals surface area contributed by atoms with E-state index >= 15 is 0 Å². The number of piperidine rings is 1. The third-order valence-corrected chi connectivity index (χ3v) is 5.48. The van der Waals surface area contributed by atoms with Crippen molar-refractivity contribution in [2.45, 2.75) is 39.5 Å². The van der Waals surface area contributed by atoms with Gasteiger partial charge in [0.05, 0.1) is 5.75 Å². The van der Waals surface area contributed by atoms with Crippen LogP contribution >= 0.6 is 11.6 Å². The van der Waals surface area contributed by atoms with E-state index in [4.69, 9.17) is 11.6 Å². The summed E-state index contributed by atoms with van der Waals surface area (Å²) in [5, 5.41) is 0. The smallest absolute Gasteiger partial charge is 0.212 e. The molecule has 1 aliphatic heterocycles. The predicted octanol–water partition coefficient (Wildman–Crippen LogP) is 2.46. The fraction of sp³-hybridized carbons (Fsp3) is 1.00. The summed E-state index contributed by atoms with van der Waals surface area (Å²) in [5.41, 5.74) is 0.294. The van der Waals surface area contributed by atoms with Gasteiger partial charge in [-0.25, -0.2) is 12.7 Å². The lowest BCUT2D eigenvalue weighted by Gasteiger charge is -2.36. The molecule has 0 aromatic heterocycles. The zero-order valence-electron chi connectivity index (χ0n) is 10.2. The molecule has 16 heavy (non-hydrogen) atoms. The minimum Gasteiger partial charge on any atom is -0.212 e. The van der Waals surface area contributed by atoms with Crippen molar-refractivity contribution in [3.8, 4) is 0 Å². The molecule has 1 aliphatic rings. The van der Waals surface area contributed by atoms with Crippen LogP contribution in [-0.4, -0.2) is 37.4 Å². The highest BCUT2D eigenvalue weighted by Gasteiger charge is 2.31. The van der Waals surface area contributed by atoms with Gasteiger partial charge in [0.15, 0.2) is 0 Å². The summed E-state index contributed by atoms with van der Waals surface area (Å²) >= 11 is 5.55. The van der Waals surface area contributed by atoms with Crippen molar-refractivity contribution < 1.29 is 8.42 Å². The molecule has 1 heterocycles. The summed E-state index contributed by atoms with van der Waals surface area (Å²) < 4.78 is 25.6. The van der Waals surface area contributed by atoms with Gasteiger partial charge in [0, 0.05) is 19.0 Å². The lowest BCUT2D eigenvalue weighted by Crippen LogP contribution is -2.42. The summed E-state index contributed by atoms with van der Waals surface area (Å²) in [7, 11) is -3.03. The van der Waals surface area contributed by atoms with Crippen LogP contribution in [0.2, 0.25) is 0 Å². The molecule has 0 N–H and O–H groups in total. The van der Waals surface area contributed by atoms with E-state index in [9.17, 15) is 8.42 Å². The highest BCUT2D eigenvalue weighted by atomic mass is 35.5. The number of unbranched alkanes of at least 4 members (excludes halogenated alkanes) is 1. The molecule has 0 spiro atoms. The van der Waals surface area contributed by atoms with Gasteiger partial charge in [-0.3, -0.25) is 0 Å². The first-order valence-corrected chi connectivity index (χ1v) is 8.06. The number of sulfonamides is 1. The minimum atomic E-state index is -3.03. The summed E-state index contributed by atoms with van der Waals surface area (Å²) in [6.45, 7) is 5.75. The Balaban J connectivity index is 2.45. The Morgan fingerprint density at radius 3 is 2.25 bits per heavy atom. The highest BCUT2D eigenvalue weighted by Crippen LogP contribution is 2.30. The Hall–Kier alpha value is 0.200. The van der Waals surface area contributed by atoms with E-state index in [1.165, 1.54) is 0 Å². The van der Waals surface area contributed by atoms with Crippen LogP contribution in [0.4, 0.5) is 0 Å². The molecule has 96 valence electrons. The van der Waals surface area contributed by atoms with E-state index in [-0.39, 0.29) is 5.75 Å². The molecule has 1 rings (SSSR count). The van der Waals surface area contributed by atoms with E-state index in [1.54, 1.807) is 4.31 Å². The second kappa shape index (κ2) is 5.69. The third-order valence-electron chi connectivity index (χ3n) is 3.26. The van der Waals surface area contributed by atoms with Gasteiger partial charge in [-0.05, 0) is 31.1 Å². The van der Waals surface area contributed by atoms with Crippen molar-refractivity contribution in [1.29, 1.82) is 0 Å². The van der Waals surface area contributed by atoms with Gasteiger partial charge in [-0.1, -0.05) is 13.8 Å². The van der Waals surface area contributed by atoms with Crippen LogP contribution in [0.5, 0.6) is 0 Å². The SMILES string of the molecule is CC1(C)CCN(S(=O)(=O)CCCCCl)CC1. The standard InChI is InChI=1S/C11H22ClNO2S/c1-11(2)5-8-13(9-6-11)16(14,15)10-4-3-7-12/h3-10H2,1-2H3. The van der Waals surface area contributed by atoms with Crippen molar-refractivity contribution in [2.24, 2.45) is 5.41 Å². The van der Waals surface area contributed by atoms with Crippen LogP contribution in [0.1, 0.15) is 39.5 Å². The largest absolute Gasteiger partial charge is 0.214 e. The van der Waals surface area contributed by atoms with Gasteiger partial charge in [0.1, 0.15) is 0 Å². The summed E-state index contributed by atoms with van der Waals surface area (Å²) in [4.78, 5) is 0. The molecule has 0 aromatic carbocycles. The topological polar surface area (TPSA) is 37.4 Å². The fourth-order valence-corrected chi connectivity index (χ4v) is 3.63. The molecule has 0 aliphatic carbocycles. The summed E-state index contributed by atoms with van der Waals surface area (Å²) in [6, 6.07) is 0. The van der Waals surface area contributed by atoms with Crippen LogP contribution < -0.4 is 0 Å². The molecular weight excluding hydrogens is 246 g/mol. The lowest BCUT2D eigenvalue weighted by molar-refractivity contribution is 0.196. The zero-order chi connectivity index (χ0) is 12.2. The van der Waals surface area contributed by atoms with E-state index in [1.807, 2.05) is 0 Å². The molecular formula is C11H22ClNO2S. The Kier molecular flexibility index (Phi) is 5.08. The van der Waals surface area contributed by atoms with Crippen molar-refractivity contribution in [3.05, 3.63) is 0 Å². The van der Waals surface area contributed by atoms with E-state index in [0.29, 0.717) is 30.8 Å². The van der Waals surface area contributed by atoms with Crippen LogP contribution in [0, 0.1) is 5.41 Å². The van der Waals surface area contributed by atoms with E-state index in [0.717, 1.165) is 19.3 Å². The number of rotatable bonds is 5. The molecule has 0 saturated carbocycles. The summed E-state index contributed by atoms with van der Waals surface area (Å²) in [5.74, 6) is 0.794. The van der Waals surface area contributed by atoms with Gasteiger partial charge >= 0.3 is 0 Å².